The zero-order valence-corrected chi connectivity index (χ0v) is 10.3. The molecule has 2 rings (SSSR count). The van der Waals surface area contributed by atoms with Gasteiger partial charge in [-0.1, -0.05) is 0 Å². The van der Waals surface area contributed by atoms with Crippen LogP contribution in [0.4, 0.5) is 19.3 Å². The van der Waals surface area contributed by atoms with Crippen molar-refractivity contribution in [2.45, 2.75) is 6.04 Å². The highest BCUT2D eigenvalue weighted by atomic mass is 19.1. The maximum Gasteiger partial charge on any atom is 0.407 e. The molecule has 8 heteroatoms. The van der Waals surface area contributed by atoms with E-state index >= 15 is 0 Å². The van der Waals surface area contributed by atoms with Gasteiger partial charge in [-0.05, 0) is 12.1 Å². The van der Waals surface area contributed by atoms with E-state index in [4.69, 9.17) is 10.2 Å². The molecule has 1 saturated heterocycles. The summed E-state index contributed by atoms with van der Waals surface area (Å²) in [5.74, 6) is -2.90. The first-order valence-electron chi connectivity index (χ1n) is 5.82. The number of nitrogens with zero attached hydrogens (tertiary/aromatic N) is 2. The van der Waals surface area contributed by atoms with Crippen LogP contribution in [0.3, 0.4) is 0 Å². The highest BCUT2D eigenvalue weighted by molar-refractivity contribution is 5.80. The van der Waals surface area contributed by atoms with Gasteiger partial charge in [0.1, 0.15) is 17.7 Å². The van der Waals surface area contributed by atoms with Gasteiger partial charge in [-0.25, -0.2) is 18.4 Å². The Morgan fingerprint density at radius 1 is 1.20 bits per heavy atom. The van der Waals surface area contributed by atoms with Gasteiger partial charge in [0.2, 0.25) is 0 Å². The largest absolute Gasteiger partial charge is 0.480 e. The molecule has 1 unspecified atom stereocenters. The number of hydrogen-bond acceptors (Lipinski definition) is 3. The van der Waals surface area contributed by atoms with E-state index < -0.39 is 29.7 Å². The average molecular weight is 286 g/mol. The molecular formula is C12H12F2N2O4. The Labute approximate surface area is 112 Å². The summed E-state index contributed by atoms with van der Waals surface area (Å²) in [6, 6.07) is 1.63. The molecule has 1 aliphatic rings. The molecule has 1 aliphatic heterocycles. The van der Waals surface area contributed by atoms with Gasteiger partial charge in [0.05, 0.1) is 12.2 Å². The Kier molecular flexibility index (Phi) is 3.73. The molecule has 1 amide bonds. The number of anilines is 1. The van der Waals surface area contributed by atoms with Crippen molar-refractivity contribution < 1.29 is 28.6 Å². The lowest BCUT2D eigenvalue weighted by molar-refractivity contribution is -0.139. The fourth-order valence-electron chi connectivity index (χ4n) is 2.17. The van der Waals surface area contributed by atoms with Crippen molar-refractivity contribution in [2.24, 2.45) is 0 Å². The Morgan fingerprint density at radius 2 is 1.90 bits per heavy atom. The molecule has 0 aromatic heterocycles. The van der Waals surface area contributed by atoms with Crippen molar-refractivity contribution in [3.05, 3.63) is 29.8 Å². The standard InChI is InChI=1S/C12H12F2N2O4/c13-7-1-2-9(8(14)5-7)16-4-3-15(12(19)20)6-10(16)11(17)18/h1-2,5,10H,3-4,6H2,(H,17,18)(H,19,20). The van der Waals surface area contributed by atoms with Crippen LogP contribution in [0.1, 0.15) is 0 Å². The van der Waals surface area contributed by atoms with Gasteiger partial charge in [-0.3, -0.25) is 0 Å². The molecule has 1 heterocycles. The van der Waals surface area contributed by atoms with E-state index in [1.165, 1.54) is 4.90 Å². The molecule has 6 nitrogen and oxygen atoms in total. The van der Waals surface area contributed by atoms with Gasteiger partial charge >= 0.3 is 12.1 Å². The number of rotatable bonds is 2. The molecule has 2 N–H and O–H groups in total. The van der Waals surface area contributed by atoms with Crippen molar-refractivity contribution in [3.8, 4) is 0 Å². The number of benzene rings is 1. The Morgan fingerprint density at radius 3 is 2.45 bits per heavy atom. The summed E-state index contributed by atoms with van der Waals surface area (Å²) in [7, 11) is 0. The van der Waals surface area contributed by atoms with Crippen molar-refractivity contribution in [3.63, 3.8) is 0 Å². The Balaban J connectivity index is 2.30. The molecule has 0 spiro atoms. The van der Waals surface area contributed by atoms with Crippen molar-refractivity contribution in [1.29, 1.82) is 0 Å². The molecule has 0 radical (unpaired) electrons. The zero-order chi connectivity index (χ0) is 14.9. The Bertz CT molecular complexity index is 552. The summed E-state index contributed by atoms with van der Waals surface area (Å²) < 4.78 is 26.6. The molecule has 0 aliphatic carbocycles. The molecule has 1 atom stereocenters. The number of amides is 1. The predicted molar refractivity (Wildman–Crippen MR) is 64.7 cm³/mol. The second kappa shape index (κ2) is 5.32. The Hall–Kier alpha value is -2.38. The summed E-state index contributed by atoms with van der Waals surface area (Å²) in [6.07, 6.45) is -1.23. The third-order valence-corrected chi connectivity index (χ3v) is 3.16. The minimum Gasteiger partial charge on any atom is -0.480 e. The van der Waals surface area contributed by atoms with Crippen LogP contribution in [0.15, 0.2) is 18.2 Å². The van der Waals surface area contributed by atoms with Gasteiger partial charge in [0.25, 0.3) is 0 Å². The normalized spacial score (nSPS) is 19.0. The van der Waals surface area contributed by atoms with Gasteiger partial charge in [0.15, 0.2) is 0 Å². The SMILES string of the molecule is O=C(O)C1CN(C(=O)O)CCN1c1ccc(F)cc1F. The maximum absolute atomic E-state index is 13.7. The average Bonchev–Trinajstić information content (AvgIpc) is 2.38. The predicted octanol–water partition coefficient (Wildman–Crippen LogP) is 1.22. The molecule has 1 aromatic rings. The summed E-state index contributed by atoms with van der Waals surface area (Å²) in [5, 5.41) is 18.0. The van der Waals surface area contributed by atoms with E-state index in [-0.39, 0.29) is 25.3 Å². The lowest BCUT2D eigenvalue weighted by Gasteiger charge is -2.39. The van der Waals surface area contributed by atoms with Gasteiger partial charge in [0, 0.05) is 19.2 Å². The molecule has 1 aromatic carbocycles. The first-order valence-corrected chi connectivity index (χ1v) is 5.82. The van der Waals surface area contributed by atoms with E-state index in [9.17, 15) is 18.4 Å². The zero-order valence-electron chi connectivity index (χ0n) is 10.3. The summed E-state index contributed by atoms with van der Waals surface area (Å²) in [5.41, 5.74) is -0.0520. The molecular weight excluding hydrogens is 274 g/mol. The quantitative estimate of drug-likeness (QED) is 0.854. The fraction of sp³-hybridized carbons (Fsp3) is 0.333. The fourth-order valence-corrected chi connectivity index (χ4v) is 2.17. The lowest BCUT2D eigenvalue weighted by atomic mass is 10.1. The van der Waals surface area contributed by atoms with Crippen LogP contribution >= 0.6 is 0 Å². The third-order valence-electron chi connectivity index (χ3n) is 3.16. The van der Waals surface area contributed by atoms with Crippen LogP contribution in [0.2, 0.25) is 0 Å². The van der Waals surface area contributed by atoms with Gasteiger partial charge < -0.3 is 20.0 Å². The first-order chi connectivity index (χ1) is 9.40. The molecule has 20 heavy (non-hydrogen) atoms. The minimum atomic E-state index is -1.26. The van der Waals surface area contributed by atoms with E-state index in [0.717, 1.165) is 17.0 Å². The highest BCUT2D eigenvalue weighted by Crippen LogP contribution is 2.25. The van der Waals surface area contributed by atoms with Gasteiger partial charge in [-0.15, -0.1) is 0 Å². The number of aliphatic carboxylic acids is 1. The second-order valence-electron chi connectivity index (χ2n) is 4.37. The molecule has 1 fully saturated rings. The number of halogens is 2. The van der Waals surface area contributed by atoms with E-state index in [1.807, 2.05) is 0 Å². The van der Waals surface area contributed by atoms with Crippen LogP contribution in [0, 0.1) is 11.6 Å². The van der Waals surface area contributed by atoms with Crippen molar-refractivity contribution in [1.82, 2.24) is 4.90 Å². The molecule has 0 saturated carbocycles. The van der Waals surface area contributed by atoms with Crippen LogP contribution in [0.5, 0.6) is 0 Å². The summed E-state index contributed by atoms with van der Waals surface area (Å²) in [6.45, 7) is -0.205. The molecule has 108 valence electrons. The number of carboxylic acids is 1. The molecule has 0 bridgehead atoms. The van der Waals surface area contributed by atoms with E-state index in [2.05, 4.69) is 0 Å². The lowest BCUT2D eigenvalue weighted by Crippen LogP contribution is -2.58. The van der Waals surface area contributed by atoms with Crippen LogP contribution in [-0.4, -0.2) is 52.9 Å². The van der Waals surface area contributed by atoms with Crippen molar-refractivity contribution >= 4 is 17.7 Å². The van der Waals surface area contributed by atoms with E-state index in [0.29, 0.717) is 6.07 Å². The van der Waals surface area contributed by atoms with E-state index in [1.54, 1.807) is 0 Å². The topological polar surface area (TPSA) is 81.1 Å². The smallest absolute Gasteiger partial charge is 0.407 e. The first kappa shape index (κ1) is 14.0. The third kappa shape index (κ3) is 2.63. The van der Waals surface area contributed by atoms with Crippen LogP contribution < -0.4 is 4.90 Å². The van der Waals surface area contributed by atoms with Crippen LogP contribution in [0.25, 0.3) is 0 Å². The monoisotopic (exact) mass is 286 g/mol. The number of carboxylic acid groups (broad SMARTS) is 2. The number of hydrogen-bond donors (Lipinski definition) is 2. The number of piperazine rings is 1. The summed E-state index contributed by atoms with van der Waals surface area (Å²) in [4.78, 5) is 24.3. The minimum absolute atomic E-state index is 0.0197. The van der Waals surface area contributed by atoms with Gasteiger partial charge in [-0.2, -0.15) is 0 Å². The van der Waals surface area contributed by atoms with Crippen molar-refractivity contribution in [2.75, 3.05) is 24.5 Å². The maximum atomic E-state index is 13.7. The summed E-state index contributed by atoms with van der Waals surface area (Å²) >= 11 is 0. The second-order valence-corrected chi connectivity index (χ2v) is 4.37. The highest BCUT2D eigenvalue weighted by Gasteiger charge is 2.35. The van der Waals surface area contributed by atoms with Crippen LogP contribution in [-0.2, 0) is 4.79 Å². The number of carbonyl (C=O) groups is 2.